The van der Waals surface area contributed by atoms with E-state index in [2.05, 4.69) is 468 Å². The van der Waals surface area contributed by atoms with Crippen LogP contribution in [0, 0.1) is 0 Å². The molecule has 0 unspecified atom stereocenters. The molecule has 0 aliphatic heterocycles. The van der Waals surface area contributed by atoms with E-state index in [9.17, 15) is 0 Å². The van der Waals surface area contributed by atoms with Crippen molar-refractivity contribution in [2.75, 3.05) is 9.80 Å². The van der Waals surface area contributed by atoms with Gasteiger partial charge in [-0.3, -0.25) is 0 Å². The van der Waals surface area contributed by atoms with Gasteiger partial charge in [-0.15, -0.1) is 0 Å². The Morgan fingerprint density at radius 1 is 0.125 bits per heavy atom. The van der Waals surface area contributed by atoms with Gasteiger partial charge in [0.15, 0.2) is 0 Å². The quantitative estimate of drug-likeness (QED) is 0.0903. The van der Waals surface area contributed by atoms with E-state index in [0.717, 1.165) is 78.7 Å². The van der Waals surface area contributed by atoms with Crippen molar-refractivity contribution in [1.29, 1.82) is 0 Å². The van der Waals surface area contributed by atoms with Crippen molar-refractivity contribution in [3.05, 3.63) is 449 Å². The van der Waals surface area contributed by atoms with Gasteiger partial charge in [0, 0.05) is 67.0 Å². The van der Waals surface area contributed by atoms with Crippen molar-refractivity contribution < 1.29 is 0 Å². The largest absolute Gasteiger partial charge is 0.310 e. The highest BCUT2D eigenvalue weighted by atomic mass is 15.2. The minimum atomic E-state index is 1.03. The second-order valence-corrected chi connectivity index (χ2v) is 28.8. The second-order valence-electron chi connectivity index (χ2n) is 28.8. The zero-order valence-electron chi connectivity index (χ0n) is 61.5. The molecule has 2 heterocycles. The zero-order valence-corrected chi connectivity index (χ0v) is 61.5. The molecular weight excluding hydrogens is 1350 g/mol. The third kappa shape index (κ3) is 12.8. The van der Waals surface area contributed by atoms with Crippen LogP contribution in [0.1, 0.15) is 0 Å². The third-order valence-electron chi connectivity index (χ3n) is 22.2. The molecule has 0 N–H and O–H groups in total. The van der Waals surface area contributed by atoms with E-state index in [-0.39, 0.29) is 0 Å². The average Bonchev–Trinajstić information content (AvgIpc) is 1.58. The summed E-state index contributed by atoms with van der Waals surface area (Å²) in [5.74, 6) is 0. The van der Waals surface area contributed by atoms with Crippen LogP contribution in [0.15, 0.2) is 449 Å². The Morgan fingerprint density at radius 2 is 0.304 bits per heavy atom. The number of nitrogens with zero attached hydrogens (tertiary/aromatic N) is 4. The standard InChI is InChI=1S/C108H74N4/c1-7-20-75(21-8-1)79-34-42-85(43-35-79)89-54-66-105-101(70-89)102-71-90(86-44-36-80(37-45-86)76-22-9-2-10-23-76)55-67-106(102)111(105)97-60-52-84(53-61-97)83-50-58-95(59-51-83)109(93-28-15-5-16-29-93)99-32-19-33-100(74-99)110(94-30-17-6-18-31-94)96-62-64-98(65-63-96)112-107-68-56-91(87-46-38-81(39-47-87)77-24-11-3-12-25-77)72-103(107)104-73-92(57-69-108(104)112)88-48-40-82(41-49-88)78-26-13-4-14-27-78/h1-74H. The molecule has 526 valence electrons. The summed E-state index contributed by atoms with van der Waals surface area (Å²) in [5.41, 5.74) is 34.5. The fourth-order valence-corrected chi connectivity index (χ4v) is 16.4. The van der Waals surface area contributed by atoms with E-state index in [1.165, 1.54) is 111 Å². The zero-order chi connectivity index (χ0) is 74.3. The summed E-state index contributed by atoms with van der Waals surface area (Å²) in [6.45, 7) is 0. The Hall–Kier alpha value is -14.8. The van der Waals surface area contributed by atoms with E-state index in [0.29, 0.717) is 0 Å². The lowest BCUT2D eigenvalue weighted by Gasteiger charge is -2.29. The highest BCUT2D eigenvalue weighted by Crippen LogP contribution is 2.45. The van der Waals surface area contributed by atoms with Gasteiger partial charge < -0.3 is 18.9 Å². The first-order valence-corrected chi connectivity index (χ1v) is 38.4. The predicted molar refractivity (Wildman–Crippen MR) is 473 cm³/mol. The summed E-state index contributed by atoms with van der Waals surface area (Å²) < 4.78 is 4.86. The second kappa shape index (κ2) is 29.0. The fourth-order valence-electron chi connectivity index (χ4n) is 16.4. The number of fused-ring (bicyclic) bond motifs is 6. The van der Waals surface area contributed by atoms with Gasteiger partial charge in [-0.1, -0.05) is 309 Å². The number of rotatable bonds is 17. The normalized spacial score (nSPS) is 11.4. The van der Waals surface area contributed by atoms with Crippen LogP contribution >= 0.6 is 0 Å². The van der Waals surface area contributed by atoms with Crippen LogP contribution in [0.3, 0.4) is 0 Å². The molecule has 20 aromatic rings. The topological polar surface area (TPSA) is 16.3 Å². The monoisotopic (exact) mass is 1430 g/mol. The molecule has 0 bridgehead atoms. The number of benzene rings is 18. The molecule has 4 nitrogen and oxygen atoms in total. The molecule has 0 saturated carbocycles. The average molecular weight is 1430 g/mol. The maximum Gasteiger partial charge on any atom is 0.0541 e. The van der Waals surface area contributed by atoms with E-state index >= 15 is 0 Å². The summed E-state index contributed by atoms with van der Waals surface area (Å²) >= 11 is 0. The molecule has 0 radical (unpaired) electrons. The van der Waals surface area contributed by atoms with Gasteiger partial charge in [-0.25, -0.2) is 0 Å². The van der Waals surface area contributed by atoms with E-state index in [4.69, 9.17) is 0 Å². The van der Waals surface area contributed by atoms with Crippen LogP contribution in [0.4, 0.5) is 34.1 Å². The van der Waals surface area contributed by atoms with Crippen molar-refractivity contribution in [2.45, 2.75) is 0 Å². The van der Waals surface area contributed by atoms with Crippen molar-refractivity contribution in [3.63, 3.8) is 0 Å². The molecule has 2 aromatic heterocycles. The molecule has 0 amide bonds. The van der Waals surface area contributed by atoms with Crippen molar-refractivity contribution in [1.82, 2.24) is 9.13 Å². The first-order valence-electron chi connectivity index (χ1n) is 38.4. The van der Waals surface area contributed by atoms with Crippen LogP contribution in [-0.2, 0) is 0 Å². The number of hydrogen-bond acceptors (Lipinski definition) is 2. The SMILES string of the molecule is c1ccc(-c2ccc(-c3ccc4c(c3)c3cc(-c5ccc(-c6ccccc6)cc5)ccc3n4-c3ccc(-c4ccc(N(c5ccccc5)c5cccc(N(c6ccccc6)c6ccc(-n7c8ccc(-c9ccc(-c%10ccccc%10)cc9)cc8c8cc(-c9ccc(-c%10ccccc%10)cc9)ccc87)cc6)c5)cc4)cc3)cc2)cc1. The summed E-state index contributed by atoms with van der Waals surface area (Å²) in [4.78, 5) is 4.73. The third-order valence-corrected chi connectivity index (χ3v) is 22.2. The maximum absolute atomic E-state index is 2.43. The summed E-state index contributed by atoms with van der Waals surface area (Å²) in [6, 6.07) is 164. The minimum absolute atomic E-state index is 1.03. The fraction of sp³-hybridized carbons (Fsp3) is 0. The molecular formula is C108H74N4. The number of para-hydroxylation sites is 2. The van der Waals surface area contributed by atoms with Crippen molar-refractivity contribution in [2.24, 2.45) is 0 Å². The number of aromatic nitrogens is 2. The number of hydrogen-bond donors (Lipinski definition) is 0. The first kappa shape index (κ1) is 66.6. The van der Waals surface area contributed by atoms with E-state index < -0.39 is 0 Å². The van der Waals surface area contributed by atoms with Gasteiger partial charge in [-0.2, -0.15) is 0 Å². The minimum Gasteiger partial charge on any atom is -0.310 e. The van der Waals surface area contributed by atoms with Gasteiger partial charge in [0.05, 0.1) is 22.1 Å². The van der Waals surface area contributed by atoms with Crippen molar-refractivity contribution in [3.8, 4) is 112 Å². The van der Waals surface area contributed by atoms with E-state index in [1.54, 1.807) is 0 Å². The predicted octanol–water partition coefficient (Wildman–Crippen LogP) is 29.8. The van der Waals surface area contributed by atoms with Crippen LogP contribution < -0.4 is 9.80 Å². The summed E-state index contributed by atoms with van der Waals surface area (Å²) in [7, 11) is 0. The smallest absolute Gasteiger partial charge is 0.0541 e. The molecule has 0 aliphatic carbocycles. The molecule has 0 fully saturated rings. The molecule has 0 spiro atoms. The van der Waals surface area contributed by atoms with Gasteiger partial charge in [0.1, 0.15) is 0 Å². The first-order chi connectivity index (χ1) is 55.5. The Bertz CT molecular complexity index is 6460. The van der Waals surface area contributed by atoms with E-state index in [1.807, 2.05) is 0 Å². The van der Waals surface area contributed by atoms with Gasteiger partial charge in [0.25, 0.3) is 0 Å². The molecule has 0 saturated heterocycles. The Labute approximate surface area is 652 Å². The molecule has 18 aromatic carbocycles. The lowest BCUT2D eigenvalue weighted by Crippen LogP contribution is -2.13. The lowest BCUT2D eigenvalue weighted by molar-refractivity contribution is 1.17. The molecule has 20 rings (SSSR count). The number of anilines is 6. The summed E-state index contributed by atoms with van der Waals surface area (Å²) in [6.07, 6.45) is 0. The molecule has 0 atom stereocenters. The Morgan fingerprint density at radius 3 is 0.571 bits per heavy atom. The highest BCUT2D eigenvalue weighted by molar-refractivity contribution is 6.13. The maximum atomic E-state index is 2.43. The van der Waals surface area contributed by atoms with Crippen molar-refractivity contribution >= 4 is 77.7 Å². The molecule has 112 heavy (non-hydrogen) atoms. The van der Waals surface area contributed by atoms with Crippen LogP contribution in [-0.4, -0.2) is 9.13 Å². The Balaban J connectivity index is 0.617. The summed E-state index contributed by atoms with van der Waals surface area (Å²) in [5, 5.41) is 4.82. The van der Waals surface area contributed by atoms with Gasteiger partial charge in [-0.05, 0) is 240 Å². The van der Waals surface area contributed by atoms with Gasteiger partial charge >= 0.3 is 0 Å². The van der Waals surface area contributed by atoms with Crippen LogP contribution in [0.5, 0.6) is 0 Å². The molecule has 4 heteroatoms. The van der Waals surface area contributed by atoms with Crippen LogP contribution in [0.2, 0.25) is 0 Å². The Kier molecular flexibility index (Phi) is 17.3. The van der Waals surface area contributed by atoms with Crippen LogP contribution in [0.25, 0.3) is 155 Å². The molecule has 0 aliphatic rings. The lowest BCUT2D eigenvalue weighted by atomic mass is 9.97. The highest BCUT2D eigenvalue weighted by Gasteiger charge is 2.22. The van der Waals surface area contributed by atoms with Gasteiger partial charge in [0.2, 0.25) is 0 Å².